The third-order valence-corrected chi connectivity index (χ3v) is 0.927. The van der Waals surface area contributed by atoms with E-state index >= 15 is 0 Å². The molecule has 4 nitrogen and oxygen atoms in total. The summed E-state index contributed by atoms with van der Waals surface area (Å²) in [4.78, 5) is 0. The maximum atomic E-state index is 9.66. The van der Waals surface area contributed by atoms with Gasteiger partial charge in [-0.15, -0.1) is 0 Å². The molecule has 0 saturated heterocycles. The van der Waals surface area contributed by atoms with Gasteiger partial charge in [-0.25, -0.2) is 13.1 Å². The number of rotatable bonds is 2. The SMILES string of the molecule is CC(N)N[SH](=O)=O. The highest BCUT2D eigenvalue weighted by molar-refractivity contribution is 7.70. The van der Waals surface area contributed by atoms with Gasteiger partial charge in [0.05, 0.1) is 6.17 Å². The van der Waals surface area contributed by atoms with Crippen LogP contribution < -0.4 is 10.5 Å². The van der Waals surface area contributed by atoms with E-state index in [0.717, 1.165) is 0 Å². The average Bonchev–Trinajstić information content (AvgIpc) is 1.27. The van der Waals surface area contributed by atoms with E-state index in [1.54, 1.807) is 6.92 Å². The predicted octanol–water partition coefficient (Wildman–Crippen LogP) is -1.59. The molecule has 0 bridgehead atoms. The minimum absolute atomic E-state index is 0.471. The maximum Gasteiger partial charge on any atom is 0.202 e. The molecule has 0 aliphatic heterocycles. The summed E-state index contributed by atoms with van der Waals surface area (Å²) in [5.74, 6) is 0. The highest BCUT2D eigenvalue weighted by Crippen LogP contribution is 1.60. The zero-order valence-electron chi connectivity index (χ0n) is 3.92. The van der Waals surface area contributed by atoms with E-state index in [2.05, 4.69) is 0 Å². The van der Waals surface area contributed by atoms with Gasteiger partial charge in [-0.1, -0.05) is 0 Å². The van der Waals surface area contributed by atoms with Gasteiger partial charge in [0, 0.05) is 0 Å². The summed E-state index contributed by atoms with van der Waals surface area (Å²) in [5, 5.41) is 0. The Balaban J connectivity index is 3.32. The first kappa shape index (κ1) is 6.87. The van der Waals surface area contributed by atoms with E-state index < -0.39 is 17.1 Å². The summed E-state index contributed by atoms with van der Waals surface area (Å²) >= 11 is 0. The second-order valence-electron chi connectivity index (χ2n) is 1.17. The Labute approximate surface area is 43.8 Å². The monoisotopic (exact) mass is 124 g/mol. The van der Waals surface area contributed by atoms with Gasteiger partial charge in [0.25, 0.3) is 0 Å². The highest BCUT2D eigenvalue weighted by Gasteiger charge is 1.87. The largest absolute Gasteiger partial charge is 0.315 e. The molecule has 0 saturated carbocycles. The number of nitrogens with one attached hydrogen (secondary N) is 1. The van der Waals surface area contributed by atoms with Crippen LogP contribution in [0.3, 0.4) is 0 Å². The maximum absolute atomic E-state index is 9.66. The first-order valence-corrected chi connectivity index (χ1v) is 2.97. The van der Waals surface area contributed by atoms with Crippen molar-refractivity contribution in [1.29, 1.82) is 0 Å². The molecule has 44 valence electrons. The van der Waals surface area contributed by atoms with Crippen LogP contribution in [0.1, 0.15) is 6.92 Å². The van der Waals surface area contributed by atoms with E-state index in [1.807, 2.05) is 4.72 Å². The minimum atomic E-state index is -2.51. The molecule has 0 heterocycles. The van der Waals surface area contributed by atoms with Gasteiger partial charge in [-0.05, 0) is 6.92 Å². The van der Waals surface area contributed by atoms with Crippen molar-refractivity contribution in [3.05, 3.63) is 0 Å². The van der Waals surface area contributed by atoms with Crippen LogP contribution in [0.25, 0.3) is 0 Å². The molecule has 7 heavy (non-hydrogen) atoms. The van der Waals surface area contributed by atoms with Crippen molar-refractivity contribution in [3.8, 4) is 0 Å². The first-order valence-electron chi connectivity index (χ1n) is 1.79. The van der Waals surface area contributed by atoms with Gasteiger partial charge < -0.3 is 5.73 Å². The van der Waals surface area contributed by atoms with Crippen molar-refractivity contribution in [3.63, 3.8) is 0 Å². The van der Waals surface area contributed by atoms with Crippen molar-refractivity contribution in [2.24, 2.45) is 5.73 Å². The lowest BCUT2D eigenvalue weighted by Gasteiger charge is -1.95. The lowest BCUT2D eigenvalue weighted by molar-refractivity contribution is 0.586. The summed E-state index contributed by atoms with van der Waals surface area (Å²) < 4.78 is 21.3. The zero-order valence-corrected chi connectivity index (χ0v) is 4.81. The molecular formula is C2H8N2O2S. The molecule has 0 aromatic heterocycles. The third kappa shape index (κ3) is 5.87. The van der Waals surface area contributed by atoms with Crippen LogP contribution in [0.4, 0.5) is 0 Å². The lowest BCUT2D eigenvalue weighted by Crippen LogP contribution is -2.32. The second-order valence-corrected chi connectivity index (χ2v) is 1.95. The molecule has 0 radical (unpaired) electrons. The van der Waals surface area contributed by atoms with Crippen LogP contribution in [0.2, 0.25) is 0 Å². The Morgan fingerprint density at radius 2 is 2.14 bits per heavy atom. The van der Waals surface area contributed by atoms with E-state index in [-0.39, 0.29) is 0 Å². The molecule has 0 rings (SSSR count). The molecule has 0 aromatic carbocycles. The molecule has 0 aliphatic rings. The Morgan fingerprint density at radius 1 is 1.71 bits per heavy atom. The summed E-state index contributed by atoms with van der Waals surface area (Å²) in [6.07, 6.45) is -0.471. The zero-order chi connectivity index (χ0) is 5.86. The molecule has 0 spiro atoms. The van der Waals surface area contributed by atoms with E-state index in [0.29, 0.717) is 0 Å². The van der Waals surface area contributed by atoms with Gasteiger partial charge in [-0.2, -0.15) is 0 Å². The Bertz CT molecular complexity index is 100. The predicted molar refractivity (Wildman–Crippen MR) is 27.1 cm³/mol. The van der Waals surface area contributed by atoms with Crippen molar-refractivity contribution in [2.45, 2.75) is 13.1 Å². The standard InChI is InChI=1S/C2H8N2O2S/c1-2(3)4-7(5)6/h2,7H,3H2,1H3,(H,4,5,6). The van der Waals surface area contributed by atoms with Gasteiger partial charge in [0.1, 0.15) is 0 Å². The van der Waals surface area contributed by atoms with Crippen LogP contribution >= 0.6 is 0 Å². The fraction of sp³-hybridized carbons (Fsp3) is 1.00. The average molecular weight is 124 g/mol. The molecule has 0 aliphatic carbocycles. The first-order chi connectivity index (χ1) is 3.13. The molecular weight excluding hydrogens is 116 g/mol. The quantitative estimate of drug-likeness (QED) is 0.307. The van der Waals surface area contributed by atoms with Gasteiger partial charge in [0.15, 0.2) is 0 Å². The molecule has 1 unspecified atom stereocenters. The number of thiol groups is 1. The Kier molecular flexibility index (Phi) is 2.89. The van der Waals surface area contributed by atoms with Crippen LogP contribution in [-0.2, 0) is 10.9 Å². The number of hydrogen-bond donors (Lipinski definition) is 3. The second kappa shape index (κ2) is 2.95. The summed E-state index contributed by atoms with van der Waals surface area (Å²) in [5.41, 5.74) is 5.00. The molecule has 3 N–H and O–H groups in total. The molecule has 0 aromatic rings. The van der Waals surface area contributed by atoms with Crippen LogP contribution in [0.5, 0.6) is 0 Å². The van der Waals surface area contributed by atoms with E-state index in [4.69, 9.17) is 5.73 Å². The third-order valence-electron chi connectivity index (χ3n) is 0.309. The van der Waals surface area contributed by atoms with E-state index in [1.165, 1.54) is 0 Å². The van der Waals surface area contributed by atoms with Crippen LogP contribution in [0, 0.1) is 0 Å². The minimum Gasteiger partial charge on any atom is -0.315 e. The normalized spacial score (nSPS) is 14.7. The van der Waals surface area contributed by atoms with Gasteiger partial charge in [-0.3, -0.25) is 0 Å². The number of hydrogen-bond acceptors (Lipinski definition) is 3. The van der Waals surface area contributed by atoms with Gasteiger partial charge in [0.2, 0.25) is 10.9 Å². The fourth-order valence-electron chi connectivity index (χ4n) is 0.166. The van der Waals surface area contributed by atoms with Crippen molar-refractivity contribution >= 4 is 10.9 Å². The summed E-state index contributed by atoms with van der Waals surface area (Å²) in [7, 11) is -2.51. The van der Waals surface area contributed by atoms with Gasteiger partial charge >= 0.3 is 0 Å². The van der Waals surface area contributed by atoms with Crippen LogP contribution in [0.15, 0.2) is 0 Å². The number of nitrogens with two attached hydrogens (primary N) is 1. The van der Waals surface area contributed by atoms with Crippen molar-refractivity contribution in [2.75, 3.05) is 0 Å². The lowest BCUT2D eigenvalue weighted by atomic mass is 10.7. The highest BCUT2D eigenvalue weighted by atomic mass is 32.2. The molecule has 1 atom stereocenters. The topological polar surface area (TPSA) is 72.2 Å². The molecule has 0 amide bonds. The van der Waals surface area contributed by atoms with Crippen LogP contribution in [-0.4, -0.2) is 14.6 Å². The van der Waals surface area contributed by atoms with Crippen molar-refractivity contribution < 1.29 is 8.42 Å². The Morgan fingerprint density at radius 3 is 2.14 bits per heavy atom. The molecule has 0 fully saturated rings. The molecule has 5 heteroatoms. The van der Waals surface area contributed by atoms with E-state index in [9.17, 15) is 8.42 Å². The Hall–Kier alpha value is -0.130. The van der Waals surface area contributed by atoms with Crippen molar-refractivity contribution in [1.82, 2.24) is 4.72 Å². The summed E-state index contributed by atoms with van der Waals surface area (Å²) in [6.45, 7) is 1.55. The smallest absolute Gasteiger partial charge is 0.202 e. The fourth-order valence-corrected chi connectivity index (χ4v) is 0.499. The summed E-state index contributed by atoms with van der Waals surface area (Å²) in [6, 6.07) is 0.